The van der Waals surface area contributed by atoms with Crippen LogP contribution in [0.3, 0.4) is 0 Å². The second-order valence-corrected chi connectivity index (χ2v) is 4.19. The second kappa shape index (κ2) is 3.26. The number of aromatic hydroxyl groups is 1. The van der Waals surface area contributed by atoms with Gasteiger partial charge >= 0.3 is 0 Å². The van der Waals surface area contributed by atoms with Gasteiger partial charge in [0.2, 0.25) is 0 Å². The van der Waals surface area contributed by atoms with Crippen LogP contribution in [0.4, 0.5) is 0 Å². The van der Waals surface area contributed by atoms with Crippen LogP contribution in [0.5, 0.6) is 5.75 Å². The zero-order chi connectivity index (χ0) is 11.2. The SMILES string of the molecule is Cc1nc2c(C)cc(O)c(C(C)C)c2o1. The summed E-state index contributed by atoms with van der Waals surface area (Å²) in [5.41, 5.74) is 3.37. The number of hydrogen-bond acceptors (Lipinski definition) is 3. The van der Waals surface area contributed by atoms with Gasteiger partial charge in [-0.1, -0.05) is 13.8 Å². The Balaban J connectivity index is 2.89. The molecule has 1 heterocycles. The van der Waals surface area contributed by atoms with Crippen LogP contribution in [-0.4, -0.2) is 10.1 Å². The third kappa shape index (κ3) is 1.48. The van der Waals surface area contributed by atoms with Crippen molar-refractivity contribution in [3.8, 4) is 5.75 Å². The van der Waals surface area contributed by atoms with Crippen LogP contribution in [0.1, 0.15) is 36.8 Å². The van der Waals surface area contributed by atoms with Crippen molar-refractivity contribution < 1.29 is 9.52 Å². The van der Waals surface area contributed by atoms with Crippen molar-refractivity contribution in [3.63, 3.8) is 0 Å². The second-order valence-electron chi connectivity index (χ2n) is 4.19. The van der Waals surface area contributed by atoms with E-state index in [9.17, 15) is 5.11 Å². The molecule has 3 nitrogen and oxygen atoms in total. The number of benzene rings is 1. The lowest BCUT2D eigenvalue weighted by molar-refractivity contribution is 0.462. The van der Waals surface area contributed by atoms with Crippen molar-refractivity contribution in [2.75, 3.05) is 0 Å². The third-order valence-electron chi connectivity index (χ3n) is 2.56. The summed E-state index contributed by atoms with van der Waals surface area (Å²) < 4.78 is 5.55. The molecule has 1 N–H and O–H groups in total. The fourth-order valence-corrected chi connectivity index (χ4v) is 1.90. The number of fused-ring (bicyclic) bond motifs is 1. The fraction of sp³-hybridized carbons (Fsp3) is 0.417. The van der Waals surface area contributed by atoms with Crippen molar-refractivity contribution in [3.05, 3.63) is 23.1 Å². The molecule has 15 heavy (non-hydrogen) atoms. The normalized spacial score (nSPS) is 11.5. The van der Waals surface area contributed by atoms with Gasteiger partial charge in [0.05, 0.1) is 0 Å². The summed E-state index contributed by atoms with van der Waals surface area (Å²) in [4.78, 5) is 4.32. The summed E-state index contributed by atoms with van der Waals surface area (Å²) in [6.45, 7) is 7.80. The summed E-state index contributed by atoms with van der Waals surface area (Å²) in [5, 5.41) is 9.88. The first-order valence-corrected chi connectivity index (χ1v) is 5.10. The maximum absolute atomic E-state index is 9.88. The van der Waals surface area contributed by atoms with E-state index in [1.54, 1.807) is 6.07 Å². The van der Waals surface area contributed by atoms with Gasteiger partial charge in [0, 0.05) is 12.5 Å². The first-order chi connectivity index (χ1) is 7.00. The molecule has 0 atom stereocenters. The highest BCUT2D eigenvalue weighted by Gasteiger charge is 2.17. The summed E-state index contributed by atoms with van der Waals surface area (Å²) in [6.07, 6.45) is 0. The Bertz CT molecular complexity index is 512. The highest BCUT2D eigenvalue weighted by atomic mass is 16.3. The Kier molecular flexibility index (Phi) is 2.18. The Morgan fingerprint density at radius 3 is 2.60 bits per heavy atom. The van der Waals surface area contributed by atoms with Crippen molar-refractivity contribution >= 4 is 11.1 Å². The molecule has 0 aliphatic rings. The first-order valence-electron chi connectivity index (χ1n) is 5.10. The van der Waals surface area contributed by atoms with Crippen molar-refractivity contribution in [2.24, 2.45) is 0 Å². The van der Waals surface area contributed by atoms with Crippen molar-refractivity contribution in [2.45, 2.75) is 33.6 Å². The van der Waals surface area contributed by atoms with Gasteiger partial charge in [-0.05, 0) is 24.5 Å². The van der Waals surface area contributed by atoms with Crippen LogP contribution in [0.2, 0.25) is 0 Å². The fourth-order valence-electron chi connectivity index (χ4n) is 1.90. The van der Waals surface area contributed by atoms with Crippen LogP contribution in [0.25, 0.3) is 11.1 Å². The van der Waals surface area contributed by atoms with Gasteiger partial charge in [-0.2, -0.15) is 0 Å². The van der Waals surface area contributed by atoms with Crippen LogP contribution in [-0.2, 0) is 0 Å². The average Bonchev–Trinajstić information content (AvgIpc) is 2.45. The maximum atomic E-state index is 9.88. The van der Waals surface area contributed by atoms with Crippen molar-refractivity contribution in [1.82, 2.24) is 4.98 Å². The van der Waals surface area contributed by atoms with Gasteiger partial charge in [0.15, 0.2) is 11.5 Å². The lowest BCUT2D eigenvalue weighted by Gasteiger charge is -2.09. The summed E-state index contributed by atoms with van der Waals surface area (Å²) in [5.74, 6) is 1.16. The molecule has 0 aliphatic heterocycles. The predicted molar refractivity (Wildman–Crippen MR) is 59.2 cm³/mol. The quantitative estimate of drug-likeness (QED) is 0.777. The zero-order valence-electron chi connectivity index (χ0n) is 9.46. The number of rotatable bonds is 1. The molecule has 0 bridgehead atoms. The lowest BCUT2D eigenvalue weighted by Crippen LogP contribution is -1.91. The number of phenols is 1. The van der Waals surface area contributed by atoms with Gasteiger partial charge in [0.1, 0.15) is 11.3 Å². The van der Waals surface area contributed by atoms with E-state index in [4.69, 9.17) is 4.42 Å². The molecule has 2 rings (SSSR count). The van der Waals surface area contributed by atoms with E-state index < -0.39 is 0 Å². The molecule has 80 valence electrons. The Hall–Kier alpha value is -1.51. The van der Waals surface area contributed by atoms with Crippen LogP contribution < -0.4 is 0 Å². The molecule has 0 amide bonds. The van der Waals surface area contributed by atoms with E-state index in [1.165, 1.54) is 0 Å². The Morgan fingerprint density at radius 2 is 2.00 bits per heavy atom. The molecule has 0 aliphatic carbocycles. The standard InChI is InChI=1S/C12H15NO2/c1-6(2)10-9(14)5-7(3)11-12(10)15-8(4)13-11/h5-6,14H,1-4H3. The highest BCUT2D eigenvalue weighted by Crippen LogP contribution is 2.35. The summed E-state index contributed by atoms with van der Waals surface area (Å²) >= 11 is 0. The molecule has 0 saturated carbocycles. The predicted octanol–water partition coefficient (Wildman–Crippen LogP) is 3.27. The zero-order valence-corrected chi connectivity index (χ0v) is 9.46. The third-order valence-corrected chi connectivity index (χ3v) is 2.56. The molecule has 1 aromatic carbocycles. The molecule has 0 unspecified atom stereocenters. The van der Waals surface area contributed by atoms with E-state index >= 15 is 0 Å². The minimum absolute atomic E-state index is 0.223. The van der Waals surface area contributed by atoms with Crippen molar-refractivity contribution in [1.29, 1.82) is 0 Å². The minimum Gasteiger partial charge on any atom is -0.508 e. The molecular weight excluding hydrogens is 190 g/mol. The molecule has 0 spiro atoms. The molecule has 2 aromatic rings. The summed E-state index contributed by atoms with van der Waals surface area (Å²) in [7, 11) is 0. The van der Waals surface area contributed by atoms with E-state index in [0.29, 0.717) is 11.6 Å². The van der Waals surface area contributed by atoms with Crippen LogP contribution >= 0.6 is 0 Å². The minimum atomic E-state index is 0.223. The van der Waals surface area contributed by atoms with E-state index in [-0.39, 0.29) is 5.92 Å². The largest absolute Gasteiger partial charge is 0.508 e. The number of oxazole rings is 1. The average molecular weight is 205 g/mol. The van der Waals surface area contributed by atoms with E-state index in [2.05, 4.69) is 4.98 Å². The van der Waals surface area contributed by atoms with Crippen LogP contribution in [0.15, 0.2) is 10.5 Å². The van der Waals surface area contributed by atoms with Gasteiger partial charge in [-0.3, -0.25) is 0 Å². The molecule has 0 saturated heterocycles. The number of phenolic OH excluding ortho intramolecular Hbond substituents is 1. The van der Waals surface area contributed by atoms with Crippen LogP contribution in [0, 0.1) is 13.8 Å². The smallest absolute Gasteiger partial charge is 0.192 e. The van der Waals surface area contributed by atoms with E-state index in [0.717, 1.165) is 22.2 Å². The van der Waals surface area contributed by atoms with Gasteiger partial charge in [-0.25, -0.2) is 4.98 Å². The number of aryl methyl sites for hydroxylation is 2. The Labute approximate surface area is 88.7 Å². The highest BCUT2D eigenvalue weighted by molar-refractivity contribution is 5.83. The number of nitrogens with zero attached hydrogens (tertiary/aromatic N) is 1. The number of aromatic nitrogens is 1. The number of hydrogen-bond donors (Lipinski definition) is 1. The molecule has 0 radical (unpaired) electrons. The monoisotopic (exact) mass is 205 g/mol. The molecule has 3 heteroatoms. The molecule has 1 aromatic heterocycles. The Morgan fingerprint density at radius 1 is 1.33 bits per heavy atom. The molecular formula is C12H15NO2. The summed E-state index contributed by atoms with van der Waals surface area (Å²) in [6, 6.07) is 1.75. The van der Waals surface area contributed by atoms with Gasteiger partial charge < -0.3 is 9.52 Å². The first kappa shape index (κ1) is 10.0. The topological polar surface area (TPSA) is 46.3 Å². The van der Waals surface area contributed by atoms with Gasteiger partial charge in [0.25, 0.3) is 0 Å². The maximum Gasteiger partial charge on any atom is 0.192 e. The lowest BCUT2D eigenvalue weighted by atomic mass is 9.99. The van der Waals surface area contributed by atoms with E-state index in [1.807, 2.05) is 27.7 Å². The molecule has 0 fully saturated rings. The van der Waals surface area contributed by atoms with Gasteiger partial charge in [-0.15, -0.1) is 0 Å².